The molecule has 3 saturated heterocycles. The summed E-state index contributed by atoms with van der Waals surface area (Å²) >= 11 is 0. The maximum absolute atomic E-state index is 15.1. The van der Waals surface area contributed by atoms with E-state index < -0.39 is 46.7 Å². The molecule has 4 nitrogen and oxygen atoms in total. The zero-order valence-electron chi connectivity index (χ0n) is 25.0. The van der Waals surface area contributed by atoms with Crippen molar-refractivity contribution >= 4 is 0 Å². The van der Waals surface area contributed by atoms with Gasteiger partial charge in [-0.1, -0.05) is 38.3 Å². The van der Waals surface area contributed by atoms with E-state index in [0.29, 0.717) is 38.0 Å². The van der Waals surface area contributed by atoms with Crippen molar-refractivity contribution in [3.63, 3.8) is 0 Å². The second-order valence-electron chi connectivity index (χ2n) is 12.6. The average Bonchev–Trinajstić information content (AvgIpc) is 3.04. The van der Waals surface area contributed by atoms with Crippen LogP contribution in [0.2, 0.25) is 0 Å². The molecule has 0 atom stereocenters. The minimum Gasteiger partial charge on any atom is -0.429 e. The van der Waals surface area contributed by atoms with Crippen LogP contribution in [0.3, 0.4) is 0 Å². The Kier molecular flexibility index (Phi) is 8.93. The van der Waals surface area contributed by atoms with Gasteiger partial charge < -0.3 is 18.9 Å². The Morgan fingerprint density at radius 1 is 0.778 bits per heavy atom. The van der Waals surface area contributed by atoms with Gasteiger partial charge in [-0.05, 0) is 85.5 Å². The second-order valence-corrected chi connectivity index (χ2v) is 12.6. The lowest BCUT2D eigenvalue weighted by molar-refractivity contribution is -0.488. The monoisotopic (exact) mass is 634 g/mol. The molecule has 3 aromatic carbocycles. The molecule has 45 heavy (non-hydrogen) atoms. The van der Waals surface area contributed by atoms with E-state index in [-0.39, 0.29) is 28.4 Å². The summed E-state index contributed by atoms with van der Waals surface area (Å²) in [6, 6.07) is 9.95. The topological polar surface area (TPSA) is 36.9 Å². The predicted octanol–water partition coefficient (Wildman–Crippen LogP) is 9.61. The molecule has 4 fully saturated rings. The van der Waals surface area contributed by atoms with E-state index >= 15 is 8.78 Å². The van der Waals surface area contributed by atoms with E-state index in [1.165, 1.54) is 18.6 Å². The molecule has 0 spiro atoms. The fourth-order valence-electron chi connectivity index (χ4n) is 6.77. The average molecular weight is 635 g/mol. The lowest BCUT2D eigenvalue weighted by Crippen LogP contribution is -2.63. The number of rotatable bonds is 10. The quantitative estimate of drug-likeness (QED) is 0.126. The van der Waals surface area contributed by atoms with E-state index in [1.807, 2.05) is 0 Å². The Labute approximate surface area is 258 Å². The van der Waals surface area contributed by atoms with Crippen molar-refractivity contribution in [2.45, 2.75) is 76.3 Å². The van der Waals surface area contributed by atoms with E-state index in [2.05, 4.69) is 6.92 Å². The lowest BCUT2D eigenvalue weighted by atomic mass is 9.76. The predicted molar refractivity (Wildman–Crippen MR) is 155 cm³/mol. The highest BCUT2D eigenvalue weighted by Crippen LogP contribution is 2.50. The van der Waals surface area contributed by atoms with Crippen LogP contribution in [-0.4, -0.2) is 25.8 Å². The van der Waals surface area contributed by atoms with Gasteiger partial charge in [0.25, 0.3) is 5.97 Å². The van der Waals surface area contributed by atoms with Crippen molar-refractivity contribution in [1.82, 2.24) is 0 Å². The largest absolute Gasteiger partial charge is 0.429 e. The molecule has 2 bridgehead atoms. The molecule has 3 aliphatic heterocycles. The summed E-state index contributed by atoms with van der Waals surface area (Å²) in [7, 11) is 0. The fourth-order valence-corrected chi connectivity index (χ4v) is 6.77. The highest BCUT2D eigenvalue weighted by atomic mass is 19.3. The smallest absolute Gasteiger partial charge is 0.426 e. The summed E-state index contributed by atoms with van der Waals surface area (Å²) in [6.07, 6.45) is 4.07. The van der Waals surface area contributed by atoms with Crippen LogP contribution in [0.25, 0.3) is 11.1 Å². The van der Waals surface area contributed by atoms with Crippen LogP contribution in [0.1, 0.15) is 75.3 Å². The Bertz CT molecular complexity index is 1450. The molecule has 0 aromatic heterocycles. The third kappa shape index (κ3) is 6.46. The van der Waals surface area contributed by atoms with Crippen LogP contribution in [0.15, 0.2) is 54.6 Å². The summed E-state index contributed by atoms with van der Waals surface area (Å²) in [6.45, 7) is 4.14. The molecule has 3 aromatic rings. The Balaban J connectivity index is 1.05. The Morgan fingerprint density at radius 3 is 1.98 bits per heavy atom. The molecule has 0 radical (unpaired) electrons. The van der Waals surface area contributed by atoms with Crippen molar-refractivity contribution in [2.24, 2.45) is 11.3 Å². The van der Waals surface area contributed by atoms with E-state index in [4.69, 9.17) is 18.9 Å². The number of halogens is 6. The van der Waals surface area contributed by atoms with Gasteiger partial charge >= 0.3 is 6.11 Å². The molecule has 1 saturated carbocycles. The third-order valence-corrected chi connectivity index (χ3v) is 9.48. The van der Waals surface area contributed by atoms with Crippen molar-refractivity contribution in [3.8, 4) is 16.9 Å². The van der Waals surface area contributed by atoms with Gasteiger partial charge in [0, 0.05) is 23.0 Å². The van der Waals surface area contributed by atoms with Crippen LogP contribution in [0.5, 0.6) is 5.75 Å². The summed E-state index contributed by atoms with van der Waals surface area (Å²) in [4.78, 5) is 0. The van der Waals surface area contributed by atoms with E-state index in [9.17, 15) is 17.6 Å². The molecule has 10 heteroatoms. The van der Waals surface area contributed by atoms with Crippen LogP contribution >= 0.6 is 0 Å². The van der Waals surface area contributed by atoms with Crippen molar-refractivity contribution in [1.29, 1.82) is 0 Å². The molecule has 242 valence electrons. The molecular formula is C35H36F6O4. The highest BCUT2D eigenvalue weighted by molar-refractivity contribution is 5.65. The van der Waals surface area contributed by atoms with Crippen LogP contribution in [-0.2, 0) is 20.3 Å². The molecule has 0 N–H and O–H groups in total. The minimum absolute atomic E-state index is 0.0509. The van der Waals surface area contributed by atoms with Gasteiger partial charge in [0.15, 0.2) is 17.5 Å². The number of hydrogen-bond acceptors (Lipinski definition) is 4. The van der Waals surface area contributed by atoms with Crippen LogP contribution in [0, 0.1) is 34.6 Å². The standard InChI is InChI=1S/C35H36F6O4/c1-2-3-4-15-33-19-42-35(43-20-33,44-21-33)26-11-7-23(8-12-26)22-5-9-25(10-6-22)34(40,41)45-27-13-14-28(29(36)18-27)24-16-30(37)32(39)31(38)17-24/h5-6,9-10,13-14,16-18,23,26H,2-4,7-8,11-12,15,19-21H2,1H3. The summed E-state index contributed by atoms with van der Waals surface area (Å²) < 4.78 is 109. The fraction of sp³-hybridized carbons (Fsp3) is 0.486. The maximum atomic E-state index is 15.1. The van der Waals surface area contributed by atoms with Crippen LogP contribution in [0.4, 0.5) is 26.3 Å². The van der Waals surface area contributed by atoms with E-state index in [1.54, 1.807) is 12.1 Å². The number of alkyl halides is 2. The minimum atomic E-state index is -3.78. The van der Waals surface area contributed by atoms with Crippen molar-refractivity contribution in [2.75, 3.05) is 19.8 Å². The first kappa shape index (κ1) is 31.9. The van der Waals surface area contributed by atoms with Gasteiger partial charge in [-0.15, -0.1) is 0 Å². The van der Waals surface area contributed by atoms with Gasteiger partial charge in [-0.3, -0.25) is 0 Å². The number of benzene rings is 3. The summed E-state index contributed by atoms with van der Waals surface area (Å²) in [5.74, 6) is -6.91. The van der Waals surface area contributed by atoms with Gasteiger partial charge in [-0.25, -0.2) is 17.6 Å². The SMILES string of the molecule is CCCCCC12COC(C3CCC(c4ccc(C(F)(F)Oc5ccc(-c6cc(F)c(F)c(F)c6)c(F)c5)cc4)CC3)(OC1)OC2. The zero-order chi connectivity index (χ0) is 31.8. The zero-order valence-corrected chi connectivity index (χ0v) is 25.0. The number of hydrogen-bond donors (Lipinski definition) is 0. The van der Waals surface area contributed by atoms with Gasteiger partial charge in [0.1, 0.15) is 11.6 Å². The van der Waals surface area contributed by atoms with Gasteiger partial charge in [0.2, 0.25) is 0 Å². The highest BCUT2D eigenvalue weighted by Gasteiger charge is 2.56. The summed E-state index contributed by atoms with van der Waals surface area (Å²) in [5, 5.41) is 0. The Hall–Kier alpha value is -3.08. The molecule has 0 amide bonds. The maximum Gasteiger partial charge on any atom is 0.426 e. The van der Waals surface area contributed by atoms with Crippen LogP contribution < -0.4 is 4.74 Å². The third-order valence-electron chi connectivity index (χ3n) is 9.48. The van der Waals surface area contributed by atoms with Crippen molar-refractivity contribution in [3.05, 3.63) is 89.0 Å². The molecule has 3 heterocycles. The molecule has 4 aliphatic rings. The van der Waals surface area contributed by atoms with Gasteiger partial charge in [0.05, 0.1) is 25.4 Å². The molecule has 7 rings (SSSR count). The number of ether oxygens (including phenoxy) is 4. The first-order valence-corrected chi connectivity index (χ1v) is 15.6. The summed E-state index contributed by atoms with van der Waals surface area (Å²) in [5.41, 5.74) is -0.103. The Morgan fingerprint density at radius 2 is 1.40 bits per heavy atom. The molecule has 0 unspecified atom stereocenters. The molecule has 1 aliphatic carbocycles. The van der Waals surface area contributed by atoms with Crippen molar-refractivity contribution < 1.29 is 45.3 Å². The number of fused-ring (bicyclic) bond motifs is 3. The van der Waals surface area contributed by atoms with E-state index in [0.717, 1.165) is 62.6 Å². The first-order valence-electron chi connectivity index (χ1n) is 15.6. The normalized spacial score (nSPS) is 26.6. The van der Waals surface area contributed by atoms with Gasteiger partial charge in [-0.2, -0.15) is 8.78 Å². The first-order chi connectivity index (χ1) is 21.5. The number of unbranched alkanes of at least 4 members (excludes halogenated alkanes) is 2. The lowest BCUT2D eigenvalue weighted by Gasteiger charge is -2.55. The second kappa shape index (κ2) is 12.6. The molecular weight excluding hydrogens is 598 g/mol.